The average Bonchev–Trinajstić information content (AvgIpc) is 4.05. The molecule has 3 atom stereocenters. The van der Waals surface area contributed by atoms with Crippen LogP contribution in [0.15, 0.2) is 47.4 Å². The molecule has 316 valence electrons. The van der Waals surface area contributed by atoms with Crippen LogP contribution in [0.25, 0.3) is 21.8 Å². The predicted octanol–water partition coefficient (Wildman–Crippen LogP) is 4.93. The summed E-state index contributed by atoms with van der Waals surface area (Å²) in [5.74, 6) is -2.83. The molecule has 18 heteroatoms. The van der Waals surface area contributed by atoms with Crippen molar-refractivity contribution in [1.82, 2.24) is 34.5 Å². The smallest absolute Gasteiger partial charge is 0.301 e. The SMILES string of the molecule is Cn1nc(C2CCC(=O)NC2O)c2cccc(N3CCC(N4CCN(c5ncc(Cl)c(Nc6ccc7c(c6)c6c(c(=O)n7C)OCC(F)(F)[C@H](C7CC7)N6)n5)CC4)CC3)c21. The summed E-state index contributed by atoms with van der Waals surface area (Å²) in [5.41, 5.74) is 4.00. The van der Waals surface area contributed by atoms with Gasteiger partial charge in [-0.2, -0.15) is 10.1 Å². The van der Waals surface area contributed by atoms with Gasteiger partial charge in [0.15, 0.2) is 12.4 Å². The number of halogens is 3. The second-order valence-electron chi connectivity index (χ2n) is 16.9. The Hall–Kier alpha value is -5.26. The highest BCUT2D eigenvalue weighted by Gasteiger charge is 2.51. The molecule has 3 aromatic heterocycles. The van der Waals surface area contributed by atoms with Crippen molar-refractivity contribution < 1.29 is 23.4 Å². The number of ether oxygens (including phenoxy) is 1. The van der Waals surface area contributed by atoms with E-state index in [1.165, 1.54) is 4.57 Å². The minimum atomic E-state index is -3.13. The van der Waals surface area contributed by atoms with Crippen LogP contribution in [0.2, 0.25) is 5.02 Å². The third kappa shape index (κ3) is 6.93. The molecule has 3 saturated heterocycles. The Bertz CT molecular complexity index is 2550. The highest BCUT2D eigenvalue weighted by Crippen LogP contribution is 2.46. The Morgan fingerprint density at radius 3 is 2.48 bits per heavy atom. The van der Waals surface area contributed by atoms with Gasteiger partial charge in [0.25, 0.3) is 5.56 Å². The fourth-order valence-corrected chi connectivity index (χ4v) is 9.86. The lowest BCUT2D eigenvalue weighted by atomic mass is 9.91. The average molecular weight is 844 g/mol. The molecule has 0 bridgehead atoms. The van der Waals surface area contributed by atoms with Gasteiger partial charge in [-0.3, -0.25) is 19.2 Å². The number of nitrogens with zero attached hydrogens (tertiary/aromatic N) is 8. The number of aryl methyl sites for hydroxylation is 2. The number of aromatic nitrogens is 5. The highest BCUT2D eigenvalue weighted by atomic mass is 35.5. The van der Waals surface area contributed by atoms with Crippen LogP contribution in [0.5, 0.6) is 5.75 Å². The number of benzene rings is 2. The molecule has 0 radical (unpaired) electrons. The first kappa shape index (κ1) is 38.9. The molecule has 5 aliphatic rings. The molecule has 1 amide bonds. The number of piperazine rings is 1. The van der Waals surface area contributed by atoms with E-state index in [-0.39, 0.29) is 29.2 Å². The third-order valence-electron chi connectivity index (χ3n) is 13.1. The topological polar surface area (TPSA) is 158 Å². The number of amides is 1. The second kappa shape index (κ2) is 15.0. The number of carbonyl (C=O) groups excluding carboxylic acids is 1. The van der Waals surface area contributed by atoms with Crippen molar-refractivity contribution in [1.29, 1.82) is 0 Å². The fraction of sp³-hybridized carbons (Fsp3) is 0.500. The quantitative estimate of drug-likeness (QED) is 0.176. The first-order chi connectivity index (χ1) is 28.9. The molecule has 1 aliphatic carbocycles. The molecule has 2 unspecified atom stereocenters. The Kier molecular flexibility index (Phi) is 9.74. The number of hydrogen-bond acceptors (Lipinski definition) is 12. The zero-order chi connectivity index (χ0) is 41.4. The number of anilines is 5. The highest BCUT2D eigenvalue weighted by molar-refractivity contribution is 6.33. The summed E-state index contributed by atoms with van der Waals surface area (Å²) in [4.78, 5) is 41.7. The lowest BCUT2D eigenvalue weighted by Gasteiger charge is -2.43. The van der Waals surface area contributed by atoms with Gasteiger partial charge in [0.2, 0.25) is 17.6 Å². The summed E-state index contributed by atoms with van der Waals surface area (Å²) in [6.07, 6.45) is 5.02. The zero-order valence-corrected chi connectivity index (χ0v) is 34.3. The molecule has 7 heterocycles. The first-order valence-electron chi connectivity index (χ1n) is 20.8. The summed E-state index contributed by atoms with van der Waals surface area (Å²) in [6.45, 7) is 4.19. The van der Waals surface area contributed by atoms with Crippen LogP contribution in [0, 0.1) is 5.92 Å². The molecule has 15 nitrogen and oxygen atoms in total. The first-order valence-corrected chi connectivity index (χ1v) is 21.2. The molecule has 5 aromatic rings. The molecule has 0 spiro atoms. The second-order valence-corrected chi connectivity index (χ2v) is 17.3. The van der Waals surface area contributed by atoms with Crippen molar-refractivity contribution in [2.75, 3.05) is 66.3 Å². The summed E-state index contributed by atoms with van der Waals surface area (Å²) < 4.78 is 39.2. The number of para-hydroxylation sites is 1. The number of piperidine rings is 2. The molecule has 4 aliphatic heterocycles. The number of alkyl halides is 2. The Balaban J connectivity index is 0.802. The number of pyridine rings is 1. The molecule has 2 aromatic carbocycles. The van der Waals surface area contributed by atoms with E-state index in [4.69, 9.17) is 26.4 Å². The van der Waals surface area contributed by atoms with Crippen molar-refractivity contribution in [2.24, 2.45) is 20.0 Å². The van der Waals surface area contributed by atoms with Crippen LogP contribution < -0.4 is 36.0 Å². The van der Waals surface area contributed by atoms with Crippen LogP contribution in [0.3, 0.4) is 0 Å². The molecule has 60 heavy (non-hydrogen) atoms. The summed E-state index contributed by atoms with van der Waals surface area (Å²) >= 11 is 6.64. The molecular weight excluding hydrogens is 796 g/mol. The number of rotatable bonds is 7. The monoisotopic (exact) mass is 843 g/mol. The van der Waals surface area contributed by atoms with Gasteiger partial charge in [0.1, 0.15) is 11.3 Å². The Morgan fingerprint density at radius 2 is 1.73 bits per heavy atom. The number of fused-ring (bicyclic) bond motifs is 4. The molecule has 4 N–H and O–H groups in total. The standard InChI is InChI=1S/C42H48ClF2N11O4/c1-52-30-10-8-24(20-28(30)34-36(40(52)59)60-22-42(44,45)37(49-34)23-6-7-23)47-38-29(43)21-46-41(50-38)56-18-16-54(17-19-56)25-12-14-55(15-13-25)31-5-3-4-26-33(51-53(2)35(26)31)27-9-11-32(57)48-39(27)58/h3-5,8,10,20-21,23,25,27,37,39,49,58H,6-7,9,11-19,22H2,1-2H3,(H,48,57)(H,46,47,50)/t27?,37-,39?/m0/s1. The van der Waals surface area contributed by atoms with E-state index in [1.807, 2.05) is 11.7 Å². The van der Waals surface area contributed by atoms with Crippen LogP contribution >= 0.6 is 11.6 Å². The Morgan fingerprint density at radius 1 is 0.950 bits per heavy atom. The number of nitrogens with one attached hydrogen (secondary N) is 3. The van der Waals surface area contributed by atoms with E-state index >= 15 is 8.78 Å². The van der Waals surface area contributed by atoms with Crippen LogP contribution in [0.4, 0.5) is 37.6 Å². The van der Waals surface area contributed by atoms with E-state index < -0.39 is 30.4 Å². The maximum Gasteiger partial charge on any atom is 0.301 e. The Labute approximate surface area is 349 Å². The van der Waals surface area contributed by atoms with Crippen LogP contribution in [-0.4, -0.2) is 110 Å². The van der Waals surface area contributed by atoms with Gasteiger partial charge in [-0.15, -0.1) is 0 Å². The summed E-state index contributed by atoms with van der Waals surface area (Å²) in [7, 11) is 3.55. The van der Waals surface area contributed by atoms with Gasteiger partial charge in [-0.25, -0.2) is 13.8 Å². The third-order valence-corrected chi connectivity index (χ3v) is 13.4. The summed E-state index contributed by atoms with van der Waals surface area (Å²) in [5, 5.41) is 26.4. The van der Waals surface area contributed by atoms with Crippen molar-refractivity contribution in [3.63, 3.8) is 0 Å². The zero-order valence-electron chi connectivity index (χ0n) is 33.5. The van der Waals surface area contributed by atoms with Gasteiger partial charge >= 0.3 is 5.92 Å². The number of aliphatic hydroxyl groups excluding tert-OH is 1. The minimum Gasteiger partial charge on any atom is -0.480 e. The maximum atomic E-state index is 15.2. The van der Waals surface area contributed by atoms with E-state index in [0.29, 0.717) is 65.1 Å². The van der Waals surface area contributed by atoms with Crippen LogP contribution in [0.1, 0.15) is 50.1 Å². The van der Waals surface area contributed by atoms with Gasteiger partial charge < -0.3 is 40.2 Å². The fourth-order valence-electron chi connectivity index (χ4n) is 9.72. The summed E-state index contributed by atoms with van der Waals surface area (Å²) in [6, 6.07) is 11.0. The van der Waals surface area contributed by atoms with Crippen molar-refractivity contribution in [3.05, 3.63) is 63.7 Å². The van der Waals surface area contributed by atoms with E-state index in [9.17, 15) is 14.7 Å². The van der Waals surface area contributed by atoms with E-state index in [1.54, 1.807) is 31.4 Å². The predicted molar refractivity (Wildman–Crippen MR) is 226 cm³/mol. The molecule has 4 fully saturated rings. The van der Waals surface area contributed by atoms with Gasteiger partial charge in [-0.05, 0) is 62.3 Å². The van der Waals surface area contributed by atoms with Crippen molar-refractivity contribution in [2.45, 2.75) is 68.7 Å². The molecular formula is C42H48ClF2N11O4. The number of hydrogen-bond donors (Lipinski definition) is 4. The van der Waals surface area contributed by atoms with Gasteiger partial charge in [0.05, 0.1) is 40.3 Å². The van der Waals surface area contributed by atoms with E-state index in [2.05, 4.69) is 53.8 Å². The minimum absolute atomic E-state index is 0.107. The van der Waals surface area contributed by atoms with Crippen molar-refractivity contribution in [3.8, 4) is 5.75 Å². The van der Waals surface area contributed by atoms with Gasteiger partial charge in [0, 0.05) is 88.2 Å². The number of aliphatic hydroxyl groups is 1. The maximum absolute atomic E-state index is 15.2. The lowest BCUT2D eigenvalue weighted by molar-refractivity contribution is -0.127. The number of carbonyl (C=O) groups is 1. The van der Waals surface area contributed by atoms with E-state index in [0.717, 1.165) is 74.4 Å². The molecule has 10 rings (SSSR count). The lowest BCUT2D eigenvalue weighted by Crippen LogP contribution is -2.53. The molecule has 1 saturated carbocycles. The largest absolute Gasteiger partial charge is 0.480 e. The normalized spacial score (nSPS) is 23.8. The van der Waals surface area contributed by atoms with Crippen LogP contribution in [-0.2, 0) is 18.9 Å². The van der Waals surface area contributed by atoms with Crippen molar-refractivity contribution >= 4 is 68.1 Å². The van der Waals surface area contributed by atoms with Gasteiger partial charge in [-0.1, -0.05) is 23.7 Å².